The van der Waals surface area contributed by atoms with Gasteiger partial charge in [-0.3, -0.25) is 23.4 Å². The summed E-state index contributed by atoms with van der Waals surface area (Å²) in [4.78, 5) is 60.8. The van der Waals surface area contributed by atoms with Crippen molar-refractivity contribution < 1.29 is 51.9 Å². The highest BCUT2D eigenvalue weighted by molar-refractivity contribution is 7.47. The van der Waals surface area contributed by atoms with E-state index in [0.717, 1.165) is 64.2 Å². The largest absolute Gasteiger partial charge is 0.472 e. The van der Waals surface area contributed by atoms with Gasteiger partial charge >= 0.3 is 25.9 Å². The Bertz CT molecular complexity index is 1510. The van der Waals surface area contributed by atoms with Gasteiger partial charge < -0.3 is 35.5 Å². The summed E-state index contributed by atoms with van der Waals surface area (Å²) in [6.45, 7) is 4.07. The SMILES string of the molecule is CCCCCCCCCCCCCCCCCC(=O)OCC(COP(=O)(O)OCCNC(=O)C(N)CCCCNC(=O)OCC1C2CCC#CCCC21)OC(=O)CCCCCCCCCCCCCCCCC. The van der Waals surface area contributed by atoms with Crippen molar-refractivity contribution in [1.29, 1.82) is 0 Å². The minimum Gasteiger partial charge on any atom is -0.462 e. The van der Waals surface area contributed by atoms with E-state index in [-0.39, 0.29) is 32.6 Å². The summed E-state index contributed by atoms with van der Waals surface area (Å²) in [6, 6.07) is -0.814. The molecule has 0 aromatic heterocycles. The molecular formula is C58H106N3O11P. The average molecular weight is 1050 g/mol. The number of phosphoric ester groups is 1. The lowest BCUT2D eigenvalue weighted by Gasteiger charge is -2.20. The third-order valence-corrected chi connectivity index (χ3v) is 15.6. The Balaban J connectivity index is 1.63. The first kappa shape index (κ1) is 66.4. The molecule has 2 aliphatic rings. The van der Waals surface area contributed by atoms with Gasteiger partial charge in [0.05, 0.1) is 25.9 Å². The van der Waals surface area contributed by atoms with Gasteiger partial charge in [-0.05, 0) is 62.7 Å². The second-order valence-corrected chi connectivity index (χ2v) is 22.6. The molecule has 1 saturated carbocycles. The fourth-order valence-corrected chi connectivity index (χ4v) is 10.6. The zero-order chi connectivity index (χ0) is 52.9. The topological polar surface area (TPSA) is 202 Å². The van der Waals surface area contributed by atoms with Crippen LogP contribution in [0.2, 0.25) is 0 Å². The van der Waals surface area contributed by atoms with Crippen molar-refractivity contribution in [2.75, 3.05) is 39.5 Å². The number of phosphoric acid groups is 1. The summed E-state index contributed by atoms with van der Waals surface area (Å²) in [6.07, 6.45) is 41.1. The molecule has 5 unspecified atom stereocenters. The molecular weight excluding hydrogens is 946 g/mol. The van der Waals surface area contributed by atoms with Gasteiger partial charge in [0.1, 0.15) is 6.61 Å². The molecule has 0 aromatic rings. The molecule has 0 heterocycles. The quantitative estimate of drug-likeness (QED) is 0.0148. The summed E-state index contributed by atoms with van der Waals surface area (Å²) in [5.74, 6) is 6.68. The second-order valence-electron chi connectivity index (χ2n) is 21.1. The number of hydrogen-bond acceptors (Lipinski definition) is 11. The molecule has 0 aromatic carbocycles. The lowest BCUT2D eigenvalue weighted by atomic mass is 10.0. The van der Waals surface area contributed by atoms with E-state index in [9.17, 15) is 28.6 Å². The van der Waals surface area contributed by atoms with Crippen LogP contribution in [-0.4, -0.2) is 80.5 Å². The monoisotopic (exact) mass is 1050 g/mol. The molecule has 0 radical (unpaired) electrons. The molecule has 0 spiro atoms. The summed E-state index contributed by atoms with van der Waals surface area (Å²) < 4.78 is 39.6. The molecule has 0 saturated heterocycles. The minimum absolute atomic E-state index is 0.0990. The van der Waals surface area contributed by atoms with Gasteiger partial charge in [0.25, 0.3) is 0 Å². The van der Waals surface area contributed by atoms with Crippen molar-refractivity contribution in [2.24, 2.45) is 23.5 Å². The maximum Gasteiger partial charge on any atom is 0.472 e. The van der Waals surface area contributed by atoms with Crippen LogP contribution < -0.4 is 16.4 Å². The Morgan fingerprint density at radius 1 is 0.562 bits per heavy atom. The Labute approximate surface area is 444 Å². The van der Waals surface area contributed by atoms with Gasteiger partial charge in [-0.1, -0.05) is 194 Å². The third kappa shape index (κ3) is 38.5. The third-order valence-electron chi connectivity index (χ3n) is 14.6. The number of carbonyl (C=O) groups excluding carboxylic acids is 4. The number of nitrogens with two attached hydrogens (primary N) is 1. The number of ether oxygens (including phenoxy) is 3. The fourth-order valence-electron chi connectivity index (χ4n) is 9.90. The first-order valence-corrected chi connectivity index (χ1v) is 31.4. The highest BCUT2D eigenvalue weighted by Crippen LogP contribution is 2.52. The number of unbranched alkanes of at least 4 members (excludes halogenated alkanes) is 29. The zero-order valence-electron chi connectivity index (χ0n) is 46.3. The first-order chi connectivity index (χ1) is 35.6. The number of carbonyl (C=O) groups is 4. The maximum absolute atomic E-state index is 12.9. The molecule has 2 amide bonds. The highest BCUT2D eigenvalue weighted by atomic mass is 31.2. The van der Waals surface area contributed by atoms with E-state index in [1.807, 2.05) is 0 Å². The molecule has 1 fully saturated rings. The van der Waals surface area contributed by atoms with Crippen LogP contribution in [0, 0.1) is 29.6 Å². The van der Waals surface area contributed by atoms with Crippen molar-refractivity contribution in [1.82, 2.24) is 10.6 Å². The number of fused-ring (bicyclic) bond motifs is 1. The molecule has 0 aliphatic heterocycles. The van der Waals surface area contributed by atoms with Crippen molar-refractivity contribution in [2.45, 2.75) is 276 Å². The summed E-state index contributed by atoms with van der Waals surface area (Å²) in [5.41, 5.74) is 6.06. The van der Waals surface area contributed by atoms with Crippen molar-refractivity contribution in [3.8, 4) is 11.8 Å². The summed E-state index contributed by atoms with van der Waals surface area (Å²) >= 11 is 0. The van der Waals surface area contributed by atoms with Crippen LogP contribution in [0.1, 0.15) is 264 Å². The Hall–Kier alpha value is -2.69. The van der Waals surface area contributed by atoms with Gasteiger partial charge in [0.15, 0.2) is 6.10 Å². The van der Waals surface area contributed by atoms with E-state index in [1.54, 1.807) is 0 Å². The summed E-state index contributed by atoms with van der Waals surface area (Å²) in [5, 5.41) is 5.37. The normalized spacial score (nSPS) is 17.7. The van der Waals surface area contributed by atoms with Crippen LogP contribution >= 0.6 is 7.82 Å². The highest BCUT2D eigenvalue weighted by Gasteiger charge is 2.49. The predicted octanol–water partition coefficient (Wildman–Crippen LogP) is 13.9. The molecule has 5 N–H and O–H groups in total. The van der Waals surface area contributed by atoms with Crippen LogP contribution in [0.4, 0.5) is 4.79 Å². The molecule has 2 rings (SSSR count). The molecule has 2 aliphatic carbocycles. The van der Waals surface area contributed by atoms with E-state index in [0.29, 0.717) is 63.0 Å². The number of esters is 2. The van der Waals surface area contributed by atoms with Gasteiger partial charge in [0, 0.05) is 38.8 Å². The van der Waals surface area contributed by atoms with E-state index < -0.39 is 50.5 Å². The van der Waals surface area contributed by atoms with E-state index in [2.05, 4.69) is 36.3 Å². The number of alkyl carbamates (subject to hydrolysis) is 1. The lowest BCUT2D eigenvalue weighted by Crippen LogP contribution is -2.41. The molecule has 5 atom stereocenters. The number of hydrogen-bond donors (Lipinski definition) is 4. The predicted molar refractivity (Wildman–Crippen MR) is 293 cm³/mol. The molecule has 14 nitrogen and oxygen atoms in total. The molecule has 15 heteroatoms. The smallest absolute Gasteiger partial charge is 0.462 e. The van der Waals surface area contributed by atoms with Crippen LogP contribution in [0.25, 0.3) is 0 Å². The number of amides is 2. The Morgan fingerprint density at radius 3 is 1.49 bits per heavy atom. The Morgan fingerprint density at radius 2 is 1.01 bits per heavy atom. The van der Waals surface area contributed by atoms with Crippen LogP contribution in [-0.2, 0) is 42.2 Å². The molecule has 424 valence electrons. The van der Waals surface area contributed by atoms with Gasteiger partial charge in [-0.15, -0.1) is 11.8 Å². The number of rotatable bonds is 50. The lowest BCUT2D eigenvalue weighted by molar-refractivity contribution is -0.161. The van der Waals surface area contributed by atoms with E-state index in [4.69, 9.17) is 29.0 Å². The second kappa shape index (κ2) is 45.5. The van der Waals surface area contributed by atoms with Crippen LogP contribution in [0.5, 0.6) is 0 Å². The van der Waals surface area contributed by atoms with Gasteiger partial charge in [0.2, 0.25) is 5.91 Å². The standard InChI is InChI=1S/C58H106N3O11P/c1-3-5-7-9-11-13-15-17-19-21-23-25-27-29-35-42-55(62)68-47-50(72-56(63)43-36-30-28-26-24-22-20-18-16-14-12-10-8-6-4-2)48-71-73(66,67)70-46-45-60-57(64)54(59)41-37-38-44-61-58(65)69-49-53-51-39-33-31-32-34-40-52(51)53/h50-54H,3-30,33-49,59H2,1-2H3,(H,60,64)(H,61,65)(H,66,67). The molecule has 73 heavy (non-hydrogen) atoms. The molecule has 0 bridgehead atoms. The van der Waals surface area contributed by atoms with Crippen LogP contribution in [0.3, 0.4) is 0 Å². The summed E-state index contributed by atoms with van der Waals surface area (Å²) in [7, 11) is -4.64. The first-order valence-electron chi connectivity index (χ1n) is 29.9. The van der Waals surface area contributed by atoms with Crippen molar-refractivity contribution in [3.05, 3.63) is 0 Å². The van der Waals surface area contributed by atoms with Crippen LogP contribution in [0.15, 0.2) is 0 Å². The maximum atomic E-state index is 12.9. The van der Waals surface area contributed by atoms with Crippen molar-refractivity contribution >= 4 is 31.8 Å². The zero-order valence-corrected chi connectivity index (χ0v) is 47.2. The van der Waals surface area contributed by atoms with Crippen molar-refractivity contribution in [3.63, 3.8) is 0 Å². The van der Waals surface area contributed by atoms with Gasteiger partial charge in [-0.25, -0.2) is 9.36 Å². The fraction of sp³-hybridized carbons (Fsp3) is 0.897. The van der Waals surface area contributed by atoms with Gasteiger partial charge in [-0.2, -0.15) is 0 Å². The minimum atomic E-state index is -4.64. The van der Waals surface area contributed by atoms with E-state index in [1.165, 1.54) is 141 Å². The Kier molecular flexibility index (Phi) is 41.4. The average Bonchev–Trinajstić information content (AvgIpc) is 4.02. The van der Waals surface area contributed by atoms with E-state index >= 15 is 0 Å². The number of nitrogens with one attached hydrogen (secondary N) is 2.